The normalized spacial score (nSPS) is 19.1. The van der Waals surface area contributed by atoms with E-state index >= 15 is 0 Å². The molecule has 1 heterocycles. The molecule has 1 aliphatic heterocycles. The van der Waals surface area contributed by atoms with Crippen molar-refractivity contribution in [3.63, 3.8) is 0 Å². The van der Waals surface area contributed by atoms with Crippen molar-refractivity contribution < 1.29 is 15.0 Å². The predicted molar refractivity (Wildman–Crippen MR) is 124 cm³/mol. The third kappa shape index (κ3) is 3.69. The zero-order chi connectivity index (χ0) is 21.4. The molecule has 2 atom stereocenters. The highest BCUT2D eigenvalue weighted by Gasteiger charge is 2.30. The Bertz CT molecular complexity index is 1260. The van der Waals surface area contributed by atoms with Gasteiger partial charge >= 0.3 is 0 Å². The molecular weight excluding hydrogens is 386 g/mol. The number of hydrogen-bond donors (Lipinski definition) is 2. The van der Waals surface area contributed by atoms with Crippen LogP contribution in [0.2, 0.25) is 0 Å². The zero-order valence-electron chi connectivity index (χ0n) is 17.2. The Morgan fingerprint density at radius 2 is 1.68 bits per heavy atom. The molecule has 0 aliphatic carbocycles. The molecule has 2 N–H and O–H groups in total. The third-order valence-electron chi connectivity index (χ3n) is 6.40. The molecule has 1 aliphatic rings. The lowest BCUT2D eigenvalue weighted by Gasteiger charge is -2.35. The van der Waals surface area contributed by atoms with Gasteiger partial charge in [-0.05, 0) is 57.3 Å². The molecule has 156 valence electrons. The van der Waals surface area contributed by atoms with Gasteiger partial charge in [-0.25, -0.2) is 0 Å². The molecule has 5 rings (SSSR count). The van der Waals surface area contributed by atoms with Crippen LogP contribution < -0.4 is 0 Å². The second kappa shape index (κ2) is 8.14. The summed E-state index contributed by atoms with van der Waals surface area (Å²) in [6.45, 7) is 0.780. The van der Waals surface area contributed by atoms with E-state index in [2.05, 4.69) is 60.7 Å². The Labute approximate surface area is 181 Å². The van der Waals surface area contributed by atoms with Crippen LogP contribution in [0, 0.1) is 5.92 Å². The molecule has 1 saturated heterocycles. The molecule has 0 unspecified atom stereocenters. The minimum absolute atomic E-state index is 0.0506. The van der Waals surface area contributed by atoms with Gasteiger partial charge in [0.15, 0.2) is 0 Å². The molecule has 0 spiro atoms. The predicted octanol–water partition coefficient (Wildman–Crippen LogP) is 4.48. The molecule has 0 bridgehead atoms. The highest BCUT2D eigenvalue weighted by Crippen LogP contribution is 2.31. The molecule has 31 heavy (non-hydrogen) atoms. The fraction of sp³-hybridized carbons (Fsp3) is 0.222. The maximum atomic E-state index is 13.0. The van der Waals surface area contributed by atoms with Crippen molar-refractivity contribution >= 4 is 27.5 Å². The van der Waals surface area contributed by atoms with Gasteiger partial charge < -0.3 is 15.1 Å². The first-order chi connectivity index (χ1) is 15.1. The van der Waals surface area contributed by atoms with E-state index < -0.39 is 6.10 Å². The zero-order valence-corrected chi connectivity index (χ0v) is 17.2. The molecule has 0 saturated carbocycles. The number of carbonyl (C=O) groups is 1. The van der Waals surface area contributed by atoms with Gasteiger partial charge in [-0.15, -0.1) is 0 Å². The first kappa shape index (κ1) is 19.7. The lowest BCUT2D eigenvalue weighted by Crippen LogP contribution is -2.47. The van der Waals surface area contributed by atoms with Gasteiger partial charge in [0.1, 0.15) is 0 Å². The second-order valence-electron chi connectivity index (χ2n) is 8.35. The van der Waals surface area contributed by atoms with Gasteiger partial charge in [-0.2, -0.15) is 0 Å². The maximum Gasteiger partial charge on any atom is 0.253 e. The highest BCUT2D eigenvalue weighted by molar-refractivity contribution is 6.01. The quantitative estimate of drug-likeness (QED) is 0.523. The minimum Gasteiger partial charge on any atom is -0.396 e. The standard InChI is InChI=1S/C27H25NO3/c29-17-23-16-28(13-12-26(23)30)27(31)22-11-9-19-14-21(10-8-20(19)15-22)25-7-3-5-18-4-1-2-6-24(18)25/h1-11,14-15,23,26,29-30H,12-13,16-17H2/t23-,26-/m0/s1. The van der Waals surface area contributed by atoms with E-state index in [1.54, 1.807) is 4.90 Å². The number of piperidine rings is 1. The Morgan fingerprint density at radius 1 is 0.903 bits per heavy atom. The van der Waals surface area contributed by atoms with Crippen LogP contribution in [0.15, 0.2) is 78.9 Å². The molecular formula is C27H25NO3. The SMILES string of the molecule is O=C(c1ccc2cc(-c3cccc4ccccc34)ccc2c1)N1CC[C@H](O)[C@H](CO)C1. The molecule has 0 radical (unpaired) electrons. The van der Waals surface area contributed by atoms with E-state index in [1.165, 1.54) is 16.3 Å². The fourth-order valence-electron chi connectivity index (χ4n) is 4.59. The van der Waals surface area contributed by atoms with Crippen molar-refractivity contribution in [1.29, 1.82) is 0 Å². The van der Waals surface area contributed by atoms with Gasteiger partial charge in [0.05, 0.1) is 12.7 Å². The van der Waals surface area contributed by atoms with E-state index in [9.17, 15) is 15.0 Å². The topological polar surface area (TPSA) is 60.8 Å². The van der Waals surface area contributed by atoms with Gasteiger partial charge in [0.2, 0.25) is 0 Å². The molecule has 4 aromatic carbocycles. The molecule has 1 amide bonds. The Hall–Kier alpha value is -3.21. The number of aliphatic hydroxyl groups excluding tert-OH is 2. The lowest BCUT2D eigenvalue weighted by atomic mass is 9.94. The van der Waals surface area contributed by atoms with Crippen LogP contribution in [-0.4, -0.2) is 46.8 Å². The number of amides is 1. The number of carbonyl (C=O) groups excluding carboxylic acids is 1. The lowest BCUT2D eigenvalue weighted by molar-refractivity contribution is 0.00345. The van der Waals surface area contributed by atoms with E-state index in [4.69, 9.17) is 0 Å². The van der Waals surface area contributed by atoms with Gasteiger partial charge in [0, 0.05) is 24.6 Å². The molecule has 4 aromatic rings. The van der Waals surface area contributed by atoms with Gasteiger partial charge in [-0.1, -0.05) is 60.7 Å². The van der Waals surface area contributed by atoms with Gasteiger partial charge in [0.25, 0.3) is 5.91 Å². The van der Waals surface area contributed by atoms with Crippen molar-refractivity contribution in [2.75, 3.05) is 19.7 Å². The fourth-order valence-corrected chi connectivity index (χ4v) is 4.59. The van der Waals surface area contributed by atoms with E-state index in [0.717, 1.165) is 16.3 Å². The van der Waals surface area contributed by atoms with Crippen LogP contribution in [0.1, 0.15) is 16.8 Å². The highest BCUT2D eigenvalue weighted by atomic mass is 16.3. The number of rotatable bonds is 3. The summed E-state index contributed by atoms with van der Waals surface area (Å²) in [5, 5.41) is 24.0. The summed E-state index contributed by atoms with van der Waals surface area (Å²) in [7, 11) is 0. The summed E-state index contributed by atoms with van der Waals surface area (Å²) < 4.78 is 0. The average Bonchev–Trinajstić information content (AvgIpc) is 2.83. The molecule has 4 heteroatoms. The summed E-state index contributed by atoms with van der Waals surface area (Å²) in [5.41, 5.74) is 2.99. The first-order valence-electron chi connectivity index (χ1n) is 10.7. The molecule has 1 fully saturated rings. The van der Waals surface area contributed by atoms with Crippen LogP contribution in [0.4, 0.5) is 0 Å². The summed E-state index contributed by atoms with van der Waals surface area (Å²) in [4.78, 5) is 14.7. The van der Waals surface area contributed by atoms with Crippen LogP contribution in [0.3, 0.4) is 0 Å². The third-order valence-corrected chi connectivity index (χ3v) is 6.40. The molecule has 4 nitrogen and oxygen atoms in total. The number of likely N-dealkylation sites (tertiary alicyclic amines) is 1. The number of aliphatic hydroxyl groups is 2. The average molecular weight is 412 g/mol. The largest absolute Gasteiger partial charge is 0.396 e. The van der Waals surface area contributed by atoms with Gasteiger partial charge in [-0.3, -0.25) is 4.79 Å². The summed E-state index contributed by atoms with van der Waals surface area (Å²) in [6.07, 6.45) is -0.0444. The first-order valence-corrected chi connectivity index (χ1v) is 10.7. The maximum absolute atomic E-state index is 13.0. The Kier molecular flexibility index (Phi) is 5.18. The number of benzene rings is 4. The number of fused-ring (bicyclic) bond motifs is 2. The van der Waals surface area contributed by atoms with E-state index in [1.807, 2.05) is 18.2 Å². The monoisotopic (exact) mass is 411 g/mol. The van der Waals surface area contributed by atoms with Crippen molar-refractivity contribution in [2.45, 2.75) is 12.5 Å². The van der Waals surface area contributed by atoms with Crippen LogP contribution >= 0.6 is 0 Å². The second-order valence-corrected chi connectivity index (χ2v) is 8.35. The van der Waals surface area contributed by atoms with Crippen molar-refractivity contribution in [3.05, 3.63) is 84.4 Å². The van der Waals surface area contributed by atoms with Crippen LogP contribution in [0.25, 0.3) is 32.7 Å². The van der Waals surface area contributed by atoms with E-state index in [-0.39, 0.29) is 18.4 Å². The summed E-state index contributed by atoms with van der Waals surface area (Å²) in [6, 6.07) is 26.9. The summed E-state index contributed by atoms with van der Waals surface area (Å²) in [5.74, 6) is -0.327. The summed E-state index contributed by atoms with van der Waals surface area (Å²) >= 11 is 0. The Balaban J connectivity index is 1.46. The molecule has 0 aromatic heterocycles. The number of hydrogen-bond acceptors (Lipinski definition) is 3. The minimum atomic E-state index is -0.543. The Morgan fingerprint density at radius 3 is 2.55 bits per heavy atom. The van der Waals surface area contributed by atoms with Crippen molar-refractivity contribution in [2.24, 2.45) is 5.92 Å². The van der Waals surface area contributed by atoms with Crippen LogP contribution in [0.5, 0.6) is 0 Å². The number of nitrogens with zero attached hydrogens (tertiary/aromatic N) is 1. The van der Waals surface area contributed by atoms with Crippen molar-refractivity contribution in [1.82, 2.24) is 4.90 Å². The van der Waals surface area contributed by atoms with E-state index in [0.29, 0.717) is 25.1 Å². The smallest absolute Gasteiger partial charge is 0.253 e. The van der Waals surface area contributed by atoms with Crippen LogP contribution in [-0.2, 0) is 0 Å². The van der Waals surface area contributed by atoms with Crippen molar-refractivity contribution in [3.8, 4) is 11.1 Å².